The third-order valence-electron chi connectivity index (χ3n) is 2.70. The van der Waals surface area contributed by atoms with Crippen molar-refractivity contribution < 1.29 is 9.90 Å². The molecule has 0 aliphatic heterocycles. The number of nitrogens with one attached hydrogen (secondary N) is 1. The molecule has 0 bridgehead atoms. The molecule has 18 heavy (non-hydrogen) atoms. The maximum Gasteiger partial charge on any atom is 0.224 e. The zero-order valence-electron chi connectivity index (χ0n) is 10.9. The van der Waals surface area contributed by atoms with E-state index < -0.39 is 0 Å². The SMILES string of the molecule is CC(N)CCCC(=O)Nc1ccc(CCO)cc1. The number of anilines is 1. The van der Waals surface area contributed by atoms with Gasteiger partial charge in [-0.25, -0.2) is 0 Å². The molecule has 1 amide bonds. The van der Waals surface area contributed by atoms with Crippen LogP contribution in [0.2, 0.25) is 0 Å². The number of carbonyl (C=O) groups is 1. The van der Waals surface area contributed by atoms with E-state index in [1.165, 1.54) is 0 Å². The van der Waals surface area contributed by atoms with E-state index in [1.54, 1.807) is 0 Å². The van der Waals surface area contributed by atoms with Gasteiger partial charge in [-0.1, -0.05) is 12.1 Å². The van der Waals surface area contributed by atoms with Gasteiger partial charge in [0.1, 0.15) is 0 Å². The van der Waals surface area contributed by atoms with Crippen LogP contribution < -0.4 is 11.1 Å². The predicted octanol–water partition coefficient (Wildman–Crippen LogP) is 1.68. The Morgan fingerprint density at radius 2 is 2.06 bits per heavy atom. The van der Waals surface area contributed by atoms with Gasteiger partial charge >= 0.3 is 0 Å². The zero-order chi connectivity index (χ0) is 13.4. The van der Waals surface area contributed by atoms with E-state index in [4.69, 9.17) is 10.8 Å². The van der Waals surface area contributed by atoms with E-state index in [2.05, 4.69) is 5.32 Å². The van der Waals surface area contributed by atoms with Gasteiger partial charge in [-0.3, -0.25) is 4.79 Å². The summed E-state index contributed by atoms with van der Waals surface area (Å²) in [4.78, 5) is 11.6. The Labute approximate surface area is 108 Å². The van der Waals surface area contributed by atoms with Crippen molar-refractivity contribution in [3.63, 3.8) is 0 Å². The molecule has 1 aromatic carbocycles. The summed E-state index contributed by atoms with van der Waals surface area (Å²) >= 11 is 0. The molecule has 0 saturated heterocycles. The van der Waals surface area contributed by atoms with E-state index in [0.717, 1.165) is 24.1 Å². The topological polar surface area (TPSA) is 75.4 Å². The number of benzene rings is 1. The molecule has 100 valence electrons. The Morgan fingerprint density at radius 3 is 2.61 bits per heavy atom. The van der Waals surface area contributed by atoms with Gasteiger partial charge in [0.15, 0.2) is 0 Å². The van der Waals surface area contributed by atoms with Gasteiger partial charge in [0, 0.05) is 24.8 Å². The van der Waals surface area contributed by atoms with Crippen molar-refractivity contribution in [2.45, 2.75) is 38.6 Å². The highest BCUT2D eigenvalue weighted by atomic mass is 16.2. The third kappa shape index (κ3) is 5.80. The molecule has 0 aromatic heterocycles. The number of hydrogen-bond acceptors (Lipinski definition) is 3. The van der Waals surface area contributed by atoms with Crippen LogP contribution in [0.5, 0.6) is 0 Å². The standard InChI is InChI=1S/C14H22N2O2/c1-11(15)3-2-4-14(18)16-13-7-5-12(6-8-13)9-10-17/h5-8,11,17H,2-4,9-10,15H2,1H3,(H,16,18). The van der Waals surface area contributed by atoms with E-state index in [-0.39, 0.29) is 18.6 Å². The summed E-state index contributed by atoms with van der Waals surface area (Å²) in [7, 11) is 0. The average Bonchev–Trinajstić information content (AvgIpc) is 2.31. The van der Waals surface area contributed by atoms with Crippen molar-refractivity contribution in [1.29, 1.82) is 0 Å². The maximum atomic E-state index is 11.6. The quantitative estimate of drug-likeness (QED) is 0.689. The van der Waals surface area contributed by atoms with Gasteiger partial charge in [0.2, 0.25) is 5.91 Å². The van der Waals surface area contributed by atoms with Crippen LogP contribution in [0.25, 0.3) is 0 Å². The van der Waals surface area contributed by atoms with E-state index >= 15 is 0 Å². The summed E-state index contributed by atoms with van der Waals surface area (Å²) < 4.78 is 0. The summed E-state index contributed by atoms with van der Waals surface area (Å²) in [5.74, 6) is 0.0190. The second kappa shape index (κ2) is 7.84. The average molecular weight is 250 g/mol. The van der Waals surface area contributed by atoms with Crippen LogP contribution in [0.3, 0.4) is 0 Å². The first-order chi connectivity index (χ1) is 8.61. The summed E-state index contributed by atoms with van der Waals surface area (Å²) in [6.45, 7) is 2.08. The monoisotopic (exact) mass is 250 g/mol. The van der Waals surface area contributed by atoms with E-state index in [0.29, 0.717) is 12.8 Å². The molecule has 0 aliphatic carbocycles. The van der Waals surface area contributed by atoms with E-state index in [1.807, 2.05) is 31.2 Å². The fourth-order valence-electron chi connectivity index (χ4n) is 1.69. The van der Waals surface area contributed by atoms with Crippen LogP contribution in [0.1, 0.15) is 31.7 Å². The molecule has 0 heterocycles. The van der Waals surface area contributed by atoms with Crippen LogP contribution in [0.4, 0.5) is 5.69 Å². The number of hydrogen-bond donors (Lipinski definition) is 3. The van der Waals surface area contributed by atoms with Crippen molar-refractivity contribution in [3.05, 3.63) is 29.8 Å². The first-order valence-corrected chi connectivity index (χ1v) is 6.37. The highest BCUT2D eigenvalue weighted by molar-refractivity contribution is 5.90. The number of nitrogens with two attached hydrogens (primary N) is 1. The molecule has 4 nitrogen and oxygen atoms in total. The lowest BCUT2D eigenvalue weighted by atomic mass is 10.1. The number of aliphatic hydroxyl groups is 1. The number of carbonyl (C=O) groups excluding carboxylic acids is 1. The Bertz CT molecular complexity index is 361. The fourth-order valence-corrected chi connectivity index (χ4v) is 1.69. The number of aliphatic hydroxyl groups excluding tert-OH is 1. The number of amides is 1. The molecule has 0 fully saturated rings. The lowest BCUT2D eigenvalue weighted by Gasteiger charge is -2.07. The lowest BCUT2D eigenvalue weighted by molar-refractivity contribution is -0.116. The molecule has 0 aliphatic rings. The number of rotatable bonds is 7. The van der Waals surface area contributed by atoms with Gasteiger partial charge in [-0.05, 0) is 43.9 Å². The molecule has 4 heteroatoms. The van der Waals surface area contributed by atoms with Crippen molar-refractivity contribution in [2.75, 3.05) is 11.9 Å². The van der Waals surface area contributed by atoms with Crippen LogP contribution in [0.15, 0.2) is 24.3 Å². The van der Waals surface area contributed by atoms with Gasteiger partial charge in [0.05, 0.1) is 0 Å². The lowest BCUT2D eigenvalue weighted by Crippen LogP contribution is -2.16. The summed E-state index contributed by atoms with van der Waals surface area (Å²) in [6.07, 6.45) is 2.82. The largest absolute Gasteiger partial charge is 0.396 e. The third-order valence-corrected chi connectivity index (χ3v) is 2.70. The zero-order valence-corrected chi connectivity index (χ0v) is 10.9. The fraction of sp³-hybridized carbons (Fsp3) is 0.500. The minimum atomic E-state index is 0.0190. The van der Waals surface area contributed by atoms with Crippen molar-refractivity contribution in [2.24, 2.45) is 5.73 Å². The van der Waals surface area contributed by atoms with Gasteiger partial charge in [-0.2, -0.15) is 0 Å². The molecule has 4 N–H and O–H groups in total. The van der Waals surface area contributed by atoms with E-state index in [9.17, 15) is 4.79 Å². The van der Waals surface area contributed by atoms with Crippen molar-refractivity contribution >= 4 is 11.6 Å². The van der Waals surface area contributed by atoms with Gasteiger partial charge < -0.3 is 16.2 Å². The van der Waals surface area contributed by atoms with Crippen molar-refractivity contribution in [3.8, 4) is 0 Å². The first-order valence-electron chi connectivity index (χ1n) is 6.37. The molecule has 0 saturated carbocycles. The highest BCUT2D eigenvalue weighted by Crippen LogP contribution is 2.11. The Balaban J connectivity index is 2.35. The smallest absolute Gasteiger partial charge is 0.224 e. The minimum Gasteiger partial charge on any atom is -0.396 e. The summed E-state index contributed by atoms with van der Waals surface area (Å²) in [6, 6.07) is 7.68. The van der Waals surface area contributed by atoms with Crippen LogP contribution in [-0.4, -0.2) is 23.7 Å². The maximum absolute atomic E-state index is 11.6. The molecular weight excluding hydrogens is 228 g/mol. The predicted molar refractivity (Wildman–Crippen MR) is 73.4 cm³/mol. The highest BCUT2D eigenvalue weighted by Gasteiger charge is 2.03. The van der Waals surface area contributed by atoms with Crippen LogP contribution in [0, 0.1) is 0 Å². The van der Waals surface area contributed by atoms with Gasteiger partial charge in [0.25, 0.3) is 0 Å². The second-order valence-electron chi connectivity index (χ2n) is 4.59. The molecular formula is C14H22N2O2. The second-order valence-corrected chi connectivity index (χ2v) is 4.59. The normalized spacial score (nSPS) is 12.2. The Kier molecular flexibility index (Phi) is 6.39. The van der Waals surface area contributed by atoms with Gasteiger partial charge in [-0.15, -0.1) is 0 Å². The molecule has 1 atom stereocenters. The Hall–Kier alpha value is -1.39. The first kappa shape index (κ1) is 14.7. The van der Waals surface area contributed by atoms with Crippen molar-refractivity contribution in [1.82, 2.24) is 0 Å². The molecule has 1 unspecified atom stereocenters. The Morgan fingerprint density at radius 1 is 1.39 bits per heavy atom. The summed E-state index contributed by atoms with van der Waals surface area (Å²) in [5, 5.41) is 11.6. The molecule has 1 rings (SSSR count). The molecule has 0 radical (unpaired) electrons. The minimum absolute atomic E-state index is 0.0190. The molecule has 0 spiro atoms. The van der Waals surface area contributed by atoms with Crippen LogP contribution in [-0.2, 0) is 11.2 Å². The van der Waals surface area contributed by atoms with Crippen LogP contribution >= 0.6 is 0 Å². The summed E-state index contributed by atoms with van der Waals surface area (Å²) in [5.41, 5.74) is 7.48. The molecule has 1 aromatic rings.